The van der Waals surface area contributed by atoms with E-state index < -0.39 is 0 Å². The highest BCUT2D eigenvalue weighted by Gasteiger charge is 2.12. The van der Waals surface area contributed by atoms with Gasteiger partial charge in [0.1, 0.15) is 5.76 Å². The van der Waals surface area contributed by atoms with Crippen molar-refractivity contribution in [3.8, 4) is 0 Å². The minimum absolute atomic E-state index is 0.221. The van der Waals surface area contributed by atoms with E-state index in [1.807, 2.05) is 13.8 Å². The number of nitrogens with one attached hydrogen (secondary N) is 2. The predicted molar refractivity (Wildman–Crippen MR) is 78.3 cm³/mol. The van der Waals surface area contributed by atoms with Crippen LogP contribution < -0.4 is 10.6 Å². The first-order valence-electron chi connectivity index (χ1n) is 6.77. The lowest BCUT2D eigenvalue weighted by Crippen LogP contribution is -2.41. The molecule has 0 fully saturated rings. The molecule has 0 spiro atoms. The first-order chi connectivity index (χ1) is 8.83. The number of aryl methyl sites for hydroxylation is 2. The quantitative estimate of drug-likeness (QED) is 0.649. The van der Waals surface area contributed by atoms with Gasteiger partial charge in [-0.3, -0.25) is 0 Å². The molecule has 0 aliphatic heterocycles. The molecule has 1 aromatic rings. The third-order valence-corrected chi connectivity index (χ3v) is 2.71. The third kappa shape index (κ3) is 5.32. The third-order valence-electron chi connectivity index (χ3n) is 2.71. The van der Waals surface area contributed by atoms with Crippen molar-refractivity contribution in [2.75, 3.05) is 13.1 Å². The molecule has 1 heterocycles. The Labute approximate surface area is 115 Å². The van der Waals surface area contributed by atoms with Gasteiger partial charge >= 0.3 is 0 Å². The molecule has 1 rings (SSSR count). The van der Waals surface area contributed by atoms with Crippen LogP contribution in [-0.4, -0.2) is 24.2 Å². The van der Waals surface area contributed by atoms with Gasteiger partial charge in [-0.1, -0.05) is 25.9 Å². The standard InChI is InChI=1S/C14H26N4O/c1-7-15-13(17-9-14(4,5)6)16-8-12-10(2)18-19-11(12)3/h7-9H2,1-6H3,(H2,15,16,17). The van der Waals surface area contributed by atoms with Crippen LogP contribution in [0.5, 0.6) is 0 Å². The van der Waals surface area contributed by atoms with Crippen LogP contribution in [0.1, 0.15) is 44.7 Å². The first kappa shape index (κ1) is 15.5. The van der Waals surface area contributed by atoms with Crippen molar-refractivity contribution in [1.29, 1.82) is 0 Å². The second-order valence-corrected chi connectivity index (χ2v) is 5.91. The maximum Gasteiger partial charge on any atom is 0.191 e. The summed E-state index contributed by atoms with van der Waals surface area (Å²) in [7, 11) is 0. The molecular weight excluding hydrogens is 240 g/mol. The van der Waals surface area contributed by atoms with Gasteiger partial charge in [-0.05, 0) is 26.2 Å². The van der Waals surface area contributed by atoms with Crippen LogP contribution in [0.4, 0.5) is 0 Å². The van der Waals surface area contributed by atoms with Crippen LogP contribution >= 0.6 is 0 Å². The number of aliphatic imine (C=N–C) groups is 1. The fourth-order valence-corrected chi connectivity index (χ4v) is 1.58. The molecule has 0 aliphatic carbocycles. The fraction of sp³-hybridized carbons (Fsp3) is 0.714. The molecule has 0 bridgehead atoms. The number of guanidine groups is 1. The Morgan fingerprint density at radius 1 is 1.26 bits per heavy atom. The molecule has 0 saturated heterocycles. The Bertz CT molecular complexity index is 410. The molecule has 0 aliphatic rings. The average molecular weight is 266 g/mol. The summed E-state index contributed by atoms with van der Waals surface area (Å²) in [6.07, 6.45) is 0. The van der Waals surface area contributed by atoms with Crippen LogP contribution in [0, 0.1) is 19.3 Å². The van der Waals surface area contributed by atoms with Crippen molar-refractivity contribution >= 4 is 5.96 Å². The lowest BCUT2D eigenvalue weighted by molar-refractivity contribution is 0.392. The molecule has 5 nitrogen and oxygen atoms in total. The molecular formula is C14H26N4O. The van der Waals surface area contributed by atoms with Crippen LogP contribution in [0.25, 0.3) is 0 Å². The van der Waals surface area contributed by atoms with E-state index >= 15 is 0 Å². The molecule has 2 N–H and O–H groups in total. The smallest absolute Gasteiger partial charge is 0.191 e. The van der Waals surface area contributed by atoms with Gasteiger partial charge in [0.25, 0.3) is 0 Å². The first-order valence-corrected chi connectivity index (χ1v) is 6.77. The van der Waals surface area contributed by atoms with Crippen LogP contribution in [0.2, 0.25) is 0 Å². The Morgan fingerprint density at radius 3 is 2.42 bits per heavy atom. The maximum absolute atomic E-state index is 5.14. The van der Waals surface area contributed by atoms with Gasteiger partial charge in [0.15, 0.2) is 5.96 Å². The van der Waals surface area contributed by atoms with Gasteiger partial charge in [0, 0.05) is 18.7 Å². The molecule has 19 heavy (non-hydrogen) atoms. The lowest BCUT2D eigenvalue weighted by Gasteiger charge is -2.20. The van der Waals surface area contributed by atoms with E-state index in [1.54, 1.807) is 0 Å². The summed E-state index contributed by atoms with van der Waals surface area (Å²) >= 11 is 0. The van der Waals surface area contributed by atoms with E-state index in [0.717, 1.165) is 36.1 Å². The predicted octanol–water partition coefficient (Wildman–Crippen LogP) is 2.39. The Hall–Kier alpha value is -1.52. The molecule has 0 radical (unpaired) electrons. The summed E-state index contributed by atoms with van der Waals surface area (Å²) < 4.78 is 5.14. The zero-order valence-corrected chi connectivity index (χ0v) is 12.9. The molecule has 5 heteroatoms. The van der Waals surface area contributed by atoms with Crippen molar-refractivity contribution < 1.29 is 4.52 Å². The number of hydrogen-bond donors (Lipinski definition) is 2. The monoisotopic (exact) mass is 266 g/mol. The van der Waals surface area contributed by atoms with E-state index in [9.17, 15) is 0 Å². The second kappa shape index (κ2) is 6.59. The number of nitrogens with zero attached hydrogens (tertiary/aromatic N) is 2. The largest absolute Gasteiger partial charge is 0.361 e. The lowest BCUT2D eigenvalue weighted by atomic mass is 9.97. The molecule has 0 amide bonds. The molecule has 0 unspecified atom stereocenters. The highest BCUT2D eigenvalue weighted by atomic mass is 16.5. The van der Waals surface area contributed by atoms with Gasteiger partial charge in [-0.2, -0.15) is 0 Å². The van der Waals surface area contributed by atoms with Crippen molar-refractivity contribution in [2.45, 2.75) is 48.1 Å². The maximum atomic E-state index is 5.14. The van der Waals surface area contributed by atoms with Gasteiger partial charge in [-0.15, -0.1) is 0 Å². The summed E-state index contributed by atoms with van der Waals surface area (Å²) in [5.74, 6) is 1.67. The summed E-state index contributed by atoms with van der Waals surface area (Å²) in [6.45, 7) is 14.8. The number of rotatable bonds is 4. The Balaban J connectivity index is 2.68. The zero-order chi connectivity index (χ0) is 14.5. The molecule has 0 aromatic carbocycles. The summed E-state index contributed by atoms with van der Waals surface area (Å²) in [5.41, 5.74) is 2.19. The number of hydrogen-bond acceptors (Lipinski definition) is 3. The minimum Gasteiger partial charge on any atom is -0.361 e. The topological polar surface area (TPSA) is 62.5 Å². The summed E-state index contributed by atoms with van der Waals surface area (Å²) in [6, 6.07) is 0. The van der Waals surface area contributed by atoms with Crippen molar-refractivity contribution in [3.63, 3.8) is 0 Å². The van der Waals surface area contributed by atoms with Crippen LogP contribution in [0.15, 0.2) is 9.52 Å². The SMILES string of the molecule is CCNC(=NCc1c(C)noc1C)NCC(C)(C)C. The highest BCUT2D eigenvalue weighted by molar-refractivity contribution is 5.79. The molecule has 1 aromatic heterocycles. The van der Waals surface area contributed by atoms with E-state index in [-0.39, 0.29) is 5.41 Å². The van der Waals surface area contributed by atoms with Crippen LogP contribution in [-0.2, 0) is 6.54 Å². The minimum atomic E-state index is 0.221. The van der Waals surface area contributed by atoms with Crippen molar-refractivity contribution in [3.05, 3.63) is 17.0 Å². The van der Waals surface area contributed by atoms with E-state index in [2.05, 4.69) is 48.5 Å². The van der Waals surface area contributed by atoms with Gasteiger partial charge < -0.3 is 15.2 Å². The van der Waals surface area contributed by atoms with Crippen molar-refractivity contribution in [2.24, 2.45) is 10.4 Å². The molecule has 108 valence electrons. The average Bonchev–Trinajstić information content (AvgIpc) is 2.62. The second-order valence-electron chi connectivity index (χ2n) is 5.91. The molecule has 0 atom stereocenters. The zero-order valence-electron chi connectivity index (χ0n) is 12.9. The highest BCUT2D eigenvalue weighted by Crippen LogP contribution is 2.13. The van der Waals surface area contributed by atoms with Crippen molar-refractivity contribution in [1.82, 2.24) is 15.8 Å². The Morgan fingerprint density at radius 2 is 1.95 bits per heavy atom. The number of aromatic nitrogens is 1. The normalized spacial score (nSPS) is 12.6. The van der Waals surface area contributed by atoms with Gasteiger partial charge in [0.05, 0.1) is 12.2 Å². The Kier molecular flexibility index (Phi) is 5.39. The van der Waals surface area contributed by atoms with E-state index in [1.165, 1.54) is 0 Å². The van der Waals surface area contributed by atoms with Gasteiger partial charge in [-0.25, -0.2) is 4.99 Å². The fourth-order valence-electron chi connectivity index (χ4n) is 1.58. The van der Waals surface area contributed by atoms with E-state index in [4.69, 9.17) is 4.52 Å². The van der Waals surface area contributed by atoms with Crippen LogP contribution in [0.3, 0.4) is 0 Å². The molecule has 0 saturated carbocycles. The summed E-state index contributed by atoms with van der Waals surface area (Å²) in [5, 5.41) is 10.5. The summed E-state index contributed by atoms with van der Waals surface area (Å²) in [4.78, 5) is 4.58. The van der Waals surface area contributed by atoms with Gasteiger partial charge in [0.2, 0.25) is 0 Å². The van der Waals surface area contributed by atoms with E-state index in [0.29, 0.717) is 6.54 Å².